The first-order chi connectivity index (χ1) is 8.20. The summed E-state index contributed by atoms with van der Waals surface area (Å²) in [6.07, 6.45) is 1.99. The number of oxazole rings is 1. The van der Waals surface area contributed by atoms with Crippen LogP contribution in [0, 0.1) is 0 Å². The van der Waals surface area contributed by atoms with Gasteiger partial charge in [-0.3, -0.25) is 0 Å². The van der Waals surface area contributed by atoms with Gasteiger partial charge in [0, 0.05) is 25.3 Å². The predicted molar refractivity (Wildman–Crippen MR) is 67.4 cm³/mol. The van der Waals surface area contributed by atoms with Gasteiger partial charge in [0.1, 0.15) is 0 Å². The summed E-state index contributed by atoms with van der Waals surface area (Å²) < 4.78 is 10.6. The number of ether oxygens (including phenoxy) is 1. The summed E-state index contributed by atoms with van der Waals surface area (Å²) in [6.45, 7) is 2.45. The summed E-state index contributed by atoms with van der Waals surface area (Å²) in [5.41, 5.74) is 2.15. The molecule has 1 heterocycles. The lowest BCUT2D eigenvalue weighted by Gasteiger charge is -2.11. The fourth-order valence-electron chi connectivity index (χ4n) is 1.51. The van der Waals surface area contributed by atoms with E-state index in [0.717, 1.165) is 17.0 Å². The average Bonchev–Trinajstić information content (AvgIpc) is 2.78. The van der Waals surface area contributed by atoms with E-state index >= 15 is 0 Å². The van der Waals surface area contributed by atoms with Gasteiger partial charge in [-0.1, -0.05) is 0 Å². The van der Waals surface area contributed by atoms with Crippen molar-refractivity contribution in [1.82, 2.24) is 4.98 Å². The highest BCUT2D eigenvalue weighted by Gasteiger charge is 2.06. The van der Waals surface area contributed by atoms with E-state index in [-0.39, 0.29) is 0 Å². The maximum atomic E-state index is 5.46. The van der Waals surface area contributed by atoms with Crippen molar-refractivity contribution >= 4 is 5.69 Å². The maximum absolute atomic E-state index is 5.46. The van der Waals surface area contributed by atoms with Crippen LogP contribution in [0.15, 0.2) is 34.9 Å². The molecule has 0 saturated carbocycles. The molecule has 0 radical (unpaired) electrons. The van der Waals surface area contributed by atoms with E-state index in [4.69, 9.17) is 9.15 Å². The third kappa shape index (κ3) is 2.58. The predicted octanol–water partition coefficient (Wildman–Crippen LogP) is 2.81. The molecule has 0 spiro atoms. The summed E-state index contributed by atoms with van der Waals surface area (Å²) >= 11 is 0. The van der Waals surface area contributed by atoms with Crippen molar-refractivity contribution in [2.75, 3.05) is 25.6 Å². The molecule has 0 atom stereocenters. The van der Waals surface area contributed by atoms with Crippen molar-refractivity contribution in [2.45, 2.75) is 6.92 Å². The van der Waals surface area contributed by atoms with E-state index in [1.165, 1.54) is 0 Å². The number of hydrogen-bond donors (Lipinski definition) is 0. The van der Waals surface area contributed by atoms with Crippen molar-refractivity contribution in [1.29, 1.82) is 0 Å². The zero-order chi connectivity index (χ0) is 12.3. The molecule has 90 valence electrons. The van der Waals surface area contributed by atoms with Crippen molar-refractivity contribution in [2.24, 2.45) is 0 Å². The van der Waals surface area contributed by atoms with E-state index in [0.29, 0.717) is 12.7 Å². The lowest BCUT2D eigenvalue weighted by Crippen LogP contribution is -2.07. The molecule has 0 bridgehead atoms. The number of rotatable bonds is 4. The highest BCUT2D eigenvalue weighted by molar-refractivity contribution is 5.61. The lowest BCUT2D eigenvalue weighted by molar-refractivity contribution is 0.247. The highest BCUT2D eigenvalue weighted by atomic mass is 16.6. The lowest BCUT2D eigenvalue weighted by atomic mass is 10.1. The molecule has 0 unspecified atom stereocenters. The third-order valence-electron chi connectivity index (χ3n) is 2.42. The summed E-state index contributed by atoms with van der Waals surface area (Å²) in [7, 11) is 4.02. The second kappa shape index (κ2) is 4.91. The fraction of sp³-hybridized carbons (Fsp3) is 0.308. The molecule has 1 aromatic carbocycles. The van der Waals surface area contributed by atoms with E-state index in [9.17, 15) is 0 Å². The Morgan fingerprint density at radius 3 is 2.53 bits per heavy atom. The summed E-state index contributed by atoms with van der Waals surface area (Å²) in [4.78, 5) is 6.09. The van der Waals surface area contributed by atoms with E-state index in [1.54, 1.807) is 6.20 Å². The Morgan fingerprint density at radius 1 is 1.24 bits per heavy atom. The number of nitrogens with zero attached hydrogens (tertiary/aromatic N) is 2. The van der Waals surface area contributed by atoms with Gasteiger partial charge in [-0.05, 0) is 31.2 Å². The Kier molecular flexibility index (Phi) is 3.32. The SMILES string of the molecule is CCOc1ncc(-c2ccc(N(C)C)cc2)o1. The first kappa shape index (κ1) is 11.5. The smallest absolute Gasteiger partial charge is 0.394 e. The molecule has 4 nitrogen and oxygen atoms in total. The van der Waals surface area contributed by atoms with Gasteiger partial charge in [0.25, 0.3) is 0 Å². The molecule has 0 saturated heterocycles. The standard InChI is InChI=1S/C13H16N2O2/c1-4-16-13-14-9-12(17-13)10-5-7-11(8-6-10)15(2)3/h5-9H,4H2,1-3H3. The summed E-state index contributed by atoms with van der Waals surface area (Å²) in [5.74, 6) is 0.721. The van der Waals surface area contributed by atoms with Crippen molar-refractivity contribution < 1.29 is 9.15 Å². The Labute approximate surface area is 101 Å². The minimum atomic E-state index is 0.319. The second-order valence-electron chi connectivity index (χ2n) is 3.86. The Balaban J connectivity index is 2.21. The second-order valence-corrected chi connectivity index (χ2v) is 3.86. The molecule has 0 amide bonds. The van der Waals surface area contributed by atoms with Crippen molar-refractivity contribution in [3.8, 4) is 17.4 Å². The molecule has 0 aliphatic carbocycles. The van der Waals surface area contributed by atoms with Gasteiger partial charge in [0.2, 0.25) is 0 Å². The van der Waals surface area contributed by atoms with Crippen LogP contribution < -0.4 is 9.64 Å². The van der Waals surface area contributed by atoms with Gasteiger partial charge in [0.15, 0.2) is 5.76 Å². The van der Waals surface area contributed by atoms with Gasteiger partial charge < -0.3 is 14.1 Å². The van der Waals surface area contributed by atoms with E-state index in [1.807, 2.05) is 45.3 Å². The molecule has 0 aliphatic rings. The molecular weight excluding hydrogens is 216 g/mol. The van der Waals surface area contributed by atoms with Crippen molar-refractivity contribution in [3.05, 3.63) is 30.5 Å². The summed E-state index contributed by atoms with van der Waals surface area (Å²) in [5, 5.41) is 0. The summed E-state index contributed by atoms with van der Waals surface area (Å²) in [6, 6.07) is 8.09. The van der Waals surface area contributed by atoms with Gasteiger partial charge in [-0.2, -0.15) is 4.98 Å². The van der Waals surface area contributed by atoms with Crippen LogP contribution >= 0.6 is 0 Å². The molecule has 17 heavy (non-hydrogen) atoms. The van der Waals surface area contributed by atoms with Gasteiger partial charge >= 0.3 is 6.08 Å². The van der Waals surface area contributed by atoms with Crippen LogP contribution in [0.2, 0.25) is 0 Å². The van der Waals surface area contributed by atoms with Crippen LogP contribution in [0.25, 0.3) is 11.3 Å². The highest BCUT2D eigenvalue weighted by Crippen LogP contribution is 2.25. The maximum Gasteiger partial charge on any atom is 0.394 e. The quantitative estimate of drug-likeness (QED) is 0.812. The zero-order valence-electron chi connectivity index (χ0n) is 10.3. The average molecular weight is 232 g/mol. The molecule has 4 heteroatoms. The van der Waals surface area contributed by atoms with Crippen LogP contribution in [-0.4, -0.2) is 25.7 Å². The zero-order valence-corrected chi connectivity index (χ0v) is 10.3. The van der Waals surface area contributed by atoms with E-state index < -0.39 is 0 Å². The molecule has 0 fully saturated rings. The first-order valence-electron chi connectivity index (χ1n) is 5.57. The monoisotopic (exact) mass is 232 g/mol. The van der Waals surface area contributed by atoms with Gasteiger partial charge in [0.05, 0.1) is 12.8 Å². The Hall–Kier alpha value is -1.97. The Morgan fingerprint density at radius 2 is 1.94 bits per heavy atom. The molecule has 0 aliphatic heterocycles. The minimum absolute atomic E-state index is 0.319. The number of benzene rings is 1. The first-order valence-corrected chi connectivity index (χ1v) is 5.57. The van der Waals surface area contributed by atoms with Gasteiger partial charge in [-0.15, -0.1) is 0 Å². The normalized spacial score (nSPS) is 10.3. The molecular formula is C13H16N2O2. The minimum Gasteiger partial charge on any atom is -0.450 e. The topological polar surface area (TPSA) is 38.5 Å². The third-order valence-corrected chi connectivity index (χ3v) is 2.42. The largest absolute Gasteiger partial charge is 0.450 e. The molecule has 2 aromatic rings. The number of anilines is 1. The van der Waals surface area contributed by atoms with Crippen LogP contribution in [0.3, 0.4) is 0 Å². The number of hydrogen-bond acceptors (Lipinski definition) is 4. The van der Waals surface area contributed by atoms with Crippen LogP contribution in [0.4, 0.5) is 5.69 Å². The van der Waals surface area contributed by atoms with E-state index in [2.05, 4.69) is 9.88 Å². The van der Waals surface area contributed by atoms with Crippen LogP contribution in [0.5, 0.6) is 6.08 Å². The fourth-order valence-corrected chi connectivity index (χ4v) is 1.51. The number of aromatic nitrogens is 1. The Bertz CT molecular complexity index is 474. The van der Waals surface area contributed by atoms with Crippen LogP contribution in [-0.2, 0) is 0 Å². The molecule has 0 N–H and O–H groups in total. The van der Waals surface area contributed by atoms with Crippen LogP contribution in [0.1, 0.15) is 6.92 Å². The molecule has 2 rings (SSSR count). The molecule has 1 aromatic heterocycles. The van der Waals surface area contributed by atoms with Gasteiger partial charge in [-0.25, -0.2) is 0 Å². The van der Waals surface area contributed by atoms with Crippen molar-refractivity contribution in [3.63, 3.8) is 0 Å².